The first-order chi connectivity index (χ1) is 9.99. The van der Waals surface area contributed by atoms with Crippen molar-refractivity contribution in [1.29, 1.82) is 0 Å². The molecule has 0 spiro atoms. The normalized spacial score (nSPS) is 11.8. The predicted octanol–water partition coefficient (Wildman–Crippen LogP) is 3.08. The molecule has 0 saturated heterocycles. The number of amides is 1. The zero-order chi connectivity index (χ0) is 15.4. The van der Waals surface area contributed by atoms with E-state index in [1.54, 1.807) is 45.2 Å². The van der Waals surface area contributed by atoms with Crippen molar-refractivity contribution in [3.8, 4) is 5.75 Å². The third-order valence-electron chi connectivity index (χ3n) is 2.81. The van der Waals surface area contributed by atoms with Crippen LogP contribution in [-0.2, 0) is 4.79 Å². The molecule has 1 aromatic heterocycles. The molecule has 7 heteroatoms. The number of ether oxygens (including phenoxy) is 1. The van der Waals surface area contributed by atoms with Gasteiger partial charge in [0.1, 0.15) is 17.6 Å². The Morgan fingerprint density at radius 2 is 2.19 bits per heavy atom. The summed E-state index contributed by atoms with van der Waals surface area (Å²) in [5, 5.41) is 9.89. The van der Waals surface area contributed by atoms with Crippen LogP contribution >= 0.6 is 11.6 Å². The number of aromatic nitrogens is 1. The largest absolute Gasteiger partial charge is 0.495 e. The Bertz CT molecular complexity index is 642. The predicted molar refractivity (Wildman–Crippen MR) is 81.0 cm³/mol. The van der Waals surface area contributed by atoms with Crippen LogP contribution in [0, 0.1) is 6.92 Å². The number of aryl methyl sites for hydroxylation is 1. The Balaban J connectivity index is 1.98. The number of nitrogens with one attached hydrogen (secondary N) is 2. The van der Waals surface area contributed by atoms with Gasteiger partial charge in [-0.25, -0.2) is 0 Å². The third-order valence-corrected chi connectivity index (χ3v) is 3.10. The molecule has 1 heterocycles. The number of methoxy groups -OCH3 is 1. The lowest BCUT2D eigenvalue weighted by atomic mass is 10.2. The van der Waals surface area contributed by atoms with E-state index >= 15 is 0 Å². The molecule has 0 unspecified atom stereocenters. The SMILES string of the molecule is COc1ccc(N[C@H](C)C(=O)Nc2cc(C)on2)cc1Cl. The molecule has 0 aliphatic heterocycles. The molecular weight excluding hydrogens is 294 g/mol. The average molecular weight is 310 g/mol. The highest BCUT2D eigenvalue weighted by Crippen LogP contribution is 2.27. The Labute approximate surface area is 127 Å². The molecule has 2 rings (SSSR count). The van der Waals surface area contributed by atoms with Crippen molar-refractivity contribution in [2.45, 2.75) is 19.9 Å². The molecule has 0 saturated carbocycles. The van der Waals surface area contributed by atoms with Gasteiger partial charge in [0.15, 0.2) is 5.82 Å². The summed E-state index contributed by atoms with van der Waals surface area (Å²) < 4.78 is 9.96. The third kappa shape index (κ3) is 3.88. The first-order valence-electron chi connectivity index (χ1n) is 6.34. The summed E-state index contributed by atoms with van der Waals surface area (Å²) in [7, 11) is 1.55. The second-order valence-corrected chi connectivity index (χ2v) is 4.93. The van der Waals surface area contributed by atoms with Crippen LogP contribution < -0.4 is 15.4 Å². The van der Waals surface area contributed by atoms with Gasteiger partial charge in [0.05, 0.1) is 12.1 Å². The van der Waals surface area contributed by atoms with Gasteiger partial charge in [-0.1, -0.05) is 16.8 Å². The second kappa shape index (κ2) is 6.49. The summed E-state index contributed by atoms with van der Waals surface area (Å²) in [5.41, 5.74) is 0.722. The Morgan fingerprint density at radius 3 is 2.76 bits per heavy atom. The smallest absolute Gasteiger partial charge is 0.247 e. The van der Waals surface area contributed by atoms with Crippen LogP contribution in [0.1, 0.15) is 12.7 Å². The summed E-state index contributed by atoms with van der Waals surface area (Å²) in [5.74, 6) is 1.37. The number of hydrogen-bond acceptors (Lipinski definition) is 5. The molecule has 2 aromatic rings. The van der Waals surface area contributed by atoms with E-state index in [0.29, 0.717) is 22.4 Å². The molecule has 1 amide bonds. The molecule has 112 valence electrons. The van der Waals surface area contributed by atoms with Crippen molar-refractivity contribution in [2.24, 2.45) is 0 Å². The first kappa shape index (κ1) is 15.2. The lowest BCUT2D eigenvalue weighted by Gasteiger charge is -2.15. The highest BCUT2D eigenvalue weighted by atomic mass is 35.5. The van der Waals surface area contributed by atoms with Gasteiger partial charge in [0.2, 0.25) is 5.91 Å². The maximum absolute atomic E-state index is 12.0. The standard InChI is InChI=1S/C14H16ClN3O3/c1-8-6-13(18-21-8)17-14(19)9(2)16-10-4-5-12(20-3)11(15)7-10/h4-7,9,16H,1-3H3,(H,17,18,19)/t9-/m1/s1. The van der Waals surface area contributed by atoms with E-state index in [0.717, 1.165) is 5.69 Å². The fourth-order valence-electron chi connectivity index (χ4n) is 1.73. The van der Waals surface area contributed by atoms with Gasteiger partial charge >= 0.3 is 0 Å². The van der Waals surface area contributed by atoms with Gasteiger partial charge in [-0.15, -0.1) is 0 Å². The molecule has 0 bridgehead atoms. The number of carbonyl (C=O) groups excluding carboxylic acids is 1. The van der Waals surface area contributed by atoms with Crippen LogP contribution in [0.25, 0.3) is 0 Å². The topological polar surface area (TPSA) is 76.4 Å². The lowest BCUT2D eigenvalue weighted by molar-refractivity contribution is -0.116. The van der Waals surface area contributed by atoms with Crippen molar-refractivity contribution in [3.05, 3.63) is 35.0 Å². The first-order valence-corrected chi connectivity index (χ1v) is 6.71. The van der Waals surface area contributed by atoms with Crippen LogP contribution in [0.3, 0.4) is 0 Å². The van der Waals surface area contributed by atoms with Gasteiger partial charge in [-0.2, -0.15) is 0 Å². The van der Waals surface area contributed by atoms with Crippen molar-refractivity contribution < 1.29 is 14.1 Å². The molecule has 0 radical (unpaired) electrons. The number of benzene rings is 1. The highest BCUT2D eigenvalue weighted by Gasteiger charge is 2.15. The molecule has 0 fully saturated rings. The van der Waals surface area contributed by atoms with Gasteiger partial charge in [-0.05, 0) is 32.0 Å². The minimum Gasteiger partial charge on any atom is -0.495 e. The maximum Gasteiger partial charge on any atom is 0.247 e. The molecule has 21 heavy (non-hydrogen) atoms. The number of halogens is 1. The zero-order valence-electron chi connectivity index (χ0n) is 11.9. The average Bonchev–Trinajstić information content (AvgIpc) is 2.84. The minimum absolute atomic E-state index is 0.227. The molecule has 2 N–H and O–H groups in total. The monoisotopic (exact) mass is 309 g/mol. The Morgan fingerprint density at radius 1 is 1.43 bits per heavy atom. The summed E-state index contributed by atoms with van der Waals surface area (Å²) in [6, 6.07) is 6.40. The zero-order valence-corrected chi connectivity index (χ0v) is 12.7. The number of carbonyl (C=O) groups is 1. The maximum atomic E-state index is 12.0. The second-order valence-electron chi connectivity index (χ2n) is 4.53. The van der Waals surface area contributed by atoms with E-state index in [1.165, 1.54) is 0 Å². The van der Waals surface area contributed by atoms with Crippen LogP contribution in [-0.4, -0.2) is 24.2 Å². The minimum atomic E-state index is -0.466. The summed E-state index contributed by atoms with van der Waals surface area (Å²) in [6.45, 7) is 3.49. The molecular formula is C14H16ClN3O3. The number of nitrogens with zero attached hydrogens (tertiary/aromatic N) is 1. The quantitative estimate of drug-likeness (QED) is 0.887. The molecule has 6 nitrogen and oxygen atoms in total. The van der Waals surface area contributed by atoms with E-state index in [9.17, 15) is 4.79 Å². The molecule has 1 aromatic carbocycles. The van der Waals surface area contributed by atoms with E-state index in [-0.39, 0.29) is 5.91 Å². The summed E-state index contributed by atoms with van der Waals surface area (Å²) >= 11 is 6.04. The van der Waals surface area contributed by atoms with Gasteiger partial charge in [0.25, 0.3) is 0 Å². The van der Waals surface area contributed by atoms with Crippen LogP contribution in [0.2, 0.25) is 5.02 Å². The summed E-state index contributed by atoms with van der Waals surface area (Å²) in [6.07, 6.45) is 0. The highest BCUT2D eigenvalue weighted by molar-refractivity contribution is 6.32. The van der Waals surface area contributed by atoms with E-state index < -0.39 is 6.04 Å². The van der Waals surface area contributed by atoms with Gasteiger partial charge < -0.3 is 19.9 Å². The van der Waals surface area contributed by atoms with Crippen LogP contribution in [0.4, 0.5) is 11.5 Å². The Kier molecular flexibility index (Phi) is 4.70. The fourth-order valence-corrected chi connectivity index (χ4v) is 1.99. The van der Waals surface area contributed by atoms with E-state index in [4.69, 9.17) is 20.9 Å². The van der Waals surface area contributed by atoms with E-state index in [1.807, 2.05) is 0 Å². The lowest BCUT2D eigenvalue weighted by Crippen LogP contribution is -2.31. The van der Waals surface area contributed by atoms with Crippen molar-refractivity contribution >= 4 is 29.0 Å². The van der Waals surface area contributed by atoms with Crippen LogP contribution in [0.5, 0.6) is 5.75 Å². The molecule has 1 atom stereocenters. The van der Waals surface area contributed by atoms with E-state index in [2.05, 4.69) is 15.8 Å². The fraction of sp³-hybridized carbons (Fsp3) is 0.286. The number of anilines is 2. The number of hydrogen-bond donors (Lipinski definition) is 2. The van der Waals surface area contributed by atoms with Gasteiger partial charge in [-0.3, -0.25) is 4.79 Å². The number of rotatable bonds is 5. The van der Waals surface area contributed by atoms with Crippen molar-refractivity contribution in [2.75, 3.05) is 17.7 Å². The van der Waals surface area contributed by atoms with Gasteiger partial charge in [0, 0.05) is 11.8 Å². The van der Waals surface area contributed by atoms with Crippen LogP contribution in [0.15, 0.2) is 28.8 Å². The van der Waals surface area contributed by atoms with Crippen molar-refractivity contribution in [3.63, 3.8) is 0 Å². The summed E-state index contributed by atoms with van der Waals surface area (Å²) in [4.78, 5) is 12.0. The molecule has 0 aliphatic rings. The Hall–Kier alpha value is -2.21. The van der Waals surface area contributed by atoms with Crippen molar-refractivity contribution in [1.82, 2.24) is 5.16 Å². The molecule has 0 aliphatic carbocycles.